The number of carboxylic acid groups (broad SMARTS) is 3. The first kappa shape index (κ1) is 17.1. The number of carbonyl (C=O) groups is 3. The van der Waals surface area contributed by atoms with Crippen LogP contribution < -0.4 is 0 Å². The lowest BCUT2D eigenvalue weighted by atomic mass is 9.96. The largest absolute Gasteiger partial charge is 0.481 e. The molecule has 7 nitrogen and oxygen atoms in total. The third-order valence-corrected chi connectivity index (χ3v) is 2.44. The van der Waals surface area contributed by atoms with Crippen LogP contribution in [-0.2, 0) is 14.4 Å². The first-order valence-corrected chi connectivity index (χ1v) is 5.82. The molecule has 0 radical (unpaired) electrons. The van der Waals surface area contributed by atoms with Gasteiger partial charge in [0.05, 0.1) is 12.8 Å². The normalized spacial score (nSPS) is 14.2. The SMILES string of the molecule is C1=CCCCC1.O=C(O)CC(O)(CC(=O)O)C(=O)O. The minimum absolute atomic E-state index is 1.14. The summed E-state index contributed by atoms with van der Waals surface area (Å²) in [7, 11) is 0. The van der Waals surface area contributed by atoms with E-state index in [2.05, 4.69) is 12.2 Å². The van der Waals surface area contributed by atoms with E-state index in [-0.39, 0.29) is 0 Å². The summed E-state index contributed by atoms with van der Waals surface area (Å²) in [6.07, 6.45) is 7.71. The molecule has 4 N–H and O–H groups in total. The van der Waals surface area contributed by atoms with E-state index >= 15 is 0 Å². The molecule has 0 fully saturated rings. The summed E-state index contributed by atoms with van der Waals surface area (Å²) in [5.41, 5.74) is -2.74. The first-order chi connectivity index (χ1) is 8.78. The highest BCUT2D eigenvalue weighted by Crippen LogP contribution is 2.15. The van der Waals surface area contributed by atoms with Crippen LogP contribution in [0.25, 0.3) is 0 Å². The highest BCUT2D eigenvalue weighted by Gasteiger charge is 2.40. The minimum Gasteiger partial charge on any atom is -0.481 e. The first-order valence-electron chi connectivity index (χ1n) is 5.82. The molecular formula is C12H18O7. The Morgan fingerprint density at radius 1 is 0.895 bits per heavy atom. The summed E-state index contributed by atoms with van der Waals surface area (Å²) >= 11 is 0. The number of hydrogen-bond acceptors (Lipinski definition) is 4. The third kappa shape index (κ3) is 7.93. The molecule has 1 rings (SSSR count). The van der Waals surface area contributed by atoms with Gasteiger partial charge >= 0.3 is 17.9 Å². The van der Waals surface area contributed by atoms with Crippen LogP contribution in [0.1, 0.15) is 38.5 Å². The summed E-state index contributed by atoms with van der Waals surface area (Å²) in [5, 5.41) is 33.8. The molecule has 0 saturated heterocycles. The zero-order chi connectivity index (χ0) is 14.9. The highest BCUT2D eigenvalue weighted by atomic mass is 16.4. The van der Waals surface area contributed by atoms with Gasteiger partial charge in [-0.3, -0.25) is 9.59 Å². The standard InChI is InChI=1S/C6H8O7.C6H10/c7-3(8)1-6(13,5(11)12)2-4(9)10;1-2-4-6-5-3-1/h13H,1-2H2,(H,7,8)(H,9,10)(H,11,12);1-2H,3-6H2. The Morgan fingerprint density at radius 2 is 1.26 bits per heavy atom. The van der Waals surface area contributed by atoms with Crippen molar-refractivity contribution in [1.82, 2.24) is 0 Å². The van der Waals surface area contributed by atoms with Crippen LogP contribution in [0, 0.1) is 0 Å². The maximum Gasteiger partial charge on any atom is 0.336 e. The predicted molar refractivity (Wildman–Crippen MR) is 64.7 cm³/mol. The van der Waals surface area contributed by atoms with E-state index in [4.69, 9.17) is 20.4 Å². The molecule has 19 heavy (non-hydrogen) atoms. The van der Waals surface area contributed by atoms with Crippen molar-refractivity contribution >= 4 is 17.9 Å². The second kappa shape index (κ2) is 8.25. The molecule has 0 aliphatic heterocycles. The zero-order valence-corrected chi connectivity index (χ0v) is 10.4. The Kier molecular flexibility index (Phi) is 7.43. The number of aliphatic carboxylic acids is 3. The van der Waals surface area contributed by atoms with E-state index in [0.29, 0.717) is 0 Å². The van der Waals surface area contributed by atoms with E-state index in [1.165, 1.54) is 25.7 Å². The van der Waals surface area contributed by atoms with Crippen molar-refractivity contribution in [2.45, 2.75) is 44.1 Å². The van der Waals surface area contributed by atoms with E-state index in [1.54, 1.807) is 0 Å². The van der Waals surface area contributed by atoms with Gasteiger partial charge in [-0.05, 0) is 25.7 Å². The Morgan fingerprint density at radius 3 is 1.42 bits per heavy atom. The molecule has 0 bridgehead atoms. The van der Waals surface area contributed by atoms with Gasteiger partial charge in [-0.2, -0.15) is 0 Å². The number of carboxylic acids is 3. The van der Waals surface area contributed by atoms with Gasteiger partial charge in [-0.25, -0.2) is 4.79 Å². The van der Waals surface area contributed by atoms with E-state index in [9.17, 15) is 14.4 Å². The second-order valence-electron chi connectivity index (χ2n) is 4.23. The predicted octanol–water partition coefficient (Wildman–Crippen LogP) is 0.868. The van der Waals surface area contributed by atoms with Crippen LogP contribution >= 0.6 is 0 Å². The second-order valence-corrected chi connectivity index (χ2v) is 4.23. The lowest BCUT2D eigenvalue weighted by molar-refractivity contribution is -0.170. The fourth-order valence-electron chi connectivity index (χ4n) is 1.47. The highest BCUT2D eigenvalue weighted by molar-refractivity contribution is 5.88. The maximum atomic E-state index is 10.3. The quantitative estimate of drug-likeness (QED) is 0.547. The zero-order valence-electron chi connectivity index (χ0n) is 10.4. The van der Waals surface area contributed by atoms with E-state index in [0.717, 1.165) is 0 Å². The van der Waals surface area contributed by atoms with Crippen LogP contribution in [0.15, 0.2) is 12.2 Å². The lowest BCUT2D eigenvalue weighted by Gasteiger charge is -2.18. The summed E-state index contributed by atoms with van der Waals surface area (Å²) in [4.78, 5) is 30.5. The molecule has 0 aromatic carbocycles. The molecule has 0 spiro atoms. The molecule has 1 aliphatic carbocycles. The van der Waals surface area contributed by atoms with Gasteiger partial charge in [0.15, 0.2) is 5.60 Å². The number of aliphatic hydroxyl groups is 1. The van der Waals surface area contributed by atoms with Crippen molar-refractivity contribution in [2.75, 3.05) is 0 Å². The molecule has 7 heteroatoms. The topological polar surface area (TPSA) is 132 Å². The molecule has 1 aliphatic rings. The van der Waals surface area contributed by atoms with Crippen molar-refractivity contribution in [1.29, 1.82) is 0 Å². The summed E-state index contributed by atoms with van der Waals surface area (Å²) in [6, 6.07) is 0. The van der Waals surface area contributed by atoms with Crippen LogP contribution in [0.4, 0.5) is 0 Å². The summed E-state index contributed by atoms with van der Waals surface area (Å²) in [6.45, 7) is 0. The number of allylic oxidation sites excluding steroid dienone is 2. The van der Waals surface area contributed by atoms with Gasteiger partial charge in [-0.1, -0.05) is 12.2 Å². The van der Waals surface area contributed by atoms with Crippen LogP contribution in [0.3, 0.4) is 0 Å². The van der Waals surface area contributed by atoms with Crippen LogP contribution in [0.2, 0.25) is 0 Å². The number of hydrogen-bond donors (Lipinski definition) is 4. The molecular weight excluding hydrogens is 256 g/mol. The molecule has 0 saturated carbocycles. The summed E-state index contributed by atoms with van der Waals surface area (Å²) < 4.78 is 0. The van der Waals surface area contributed by atoms with Gasteiger partial charge in [0.2, 0.25) is 0 Å². The van der Waals surface area contributed by atoms with Crippen LogP contribution in [0.5, 0.6) is 0 Å². The average molecular weight is 274 g/mol. The van der Waals surface area contributed by atoms with Crippen molar-refractivity contribution in [2.24, 2.45) is 0 Å². The van der Waals surface area contributed by atoms with Crippen molar-refractivity contribution in [3.8, 4) is 0 Å². The minimum atomic E-state index is -2.74. The molecule has 0 unspecified atom stereocenters. The Bertz CT molecular complexity index is 335. The molecule has 0 aromatic heterocycles. The maximum absolute atomic E-state index is 10.3. The van der Waals surface area contributed by atoms with Crippen molar-refractivity contribution < 1.29 is 34.8 Å². The van der Waals surface area contributed by atoms with Gasteiger partial charge in [0.1, 0.15) is 0 Å². The van der Waals surface area contributed by atoms with Gasteiger partial charge < -0.3 is 20.4 Å². The van der Waals surface area contributed by atoms with Crippen molar-refractivity contribution in [3.63, 3.8) is 0 Å². The average Bonchev–Trinajstić information content (AvgIpc) is 2.29. The van der Waals surface area contributed by atoms with E-state index in [1.807, 2.05) is 0 Å². The molecule has 0 atom stereocenters. The Balaban J connectivity index is 0.000000443. The molecule has 0 aromatic rings. The Hall–Kier alpha value is -1.89. The number of rotatable bonds is 5. The molecule has 0 amide bonds. The molecule has 108 valence electrons. The monoisotopic (exact) mass is 274 g/mol. The van der Waals surface area contributed by atoms with Crippen molar-refractivity contribution in [3.05, 3.63) is 12.2 Å². The lowest BCUT2D eigenvalue weighted by Crippen LogP contribution is -2.42. The fraction of sp³-hybridized carbons (Fsp3) is 0.583. The Labute approximate surface area is 110 Å². The van der Waals surface area contributed by atoms with Gasteiger partial charge in [0.25, 0.3) is 0 Å². The molecule has 0 heterocycles. The fourth-order valence-corrected chi connectivity index (χ4v) is 1.47. The third-order valence-electron chi connectivity index (χ3n) is 2.44. The smallest absolute Gasteiger partial charge is 0.336 e. The summed E-state index contributed by atoms with van der Waals surface area (Å²) in [5.74, 6) is -5.02. The van der Waals surface area contributed by atoms with Gasteiger partial charge in [0, 0.05) is 0 Å². The van der Waals surface area contributed by atoms with E-state index < -0.39 is 36.4 Å². The van der Waals surface area contributed by atoms with Crippen LogP contribution in [-0.4, -0.2) is 43.9 Å². The van der Waals surface area contributed by atoms with Gasteiger partial charge in [-0.15, -0.1) is 0 Å².